The number of amides is 1. The Labute approximate surface area is 134 Å². The van der Waals surface area contributed by atoms with Crippen LogP contribution < -0.4 is 0 Å². The van der Waals surface area contributed by atoms with Crippen LogP contribution in [-0.2, 0) is 9.53 Å². The molecule has 0 radical (unpaired) electrons. The second-order valence-electron chi connectivity index (χ2n) is 5.48. The van der Waals surface area contributed by atoms with Crippen molar-refractivity contribution in [1.29, 1.82) is 0 Å². The molecular formula is C16H21NO4S. The van der Waals surface area contributed by atoms with Crippen molar-refractivity contribution in [1.82, 2.24) is 4.90 Å². The summed E-state index contributed by atoms with van der Waals surface area (Å²) in [7, 11) is 1.59. The lowest BCUT2D eigenvalue weighted by Crippen LogP contribution is -2.37. The number of aryl methyl sites for hydroxylation is 1. The summed E-state index contributed by atoms with van der Waals surface area (Å²) in [4.78, 5) is 26.6. The maximum atomic E-state index is 12.9. The summed E-state index contributed by atoms with van der Waals surface area (Å²) in [5, 5.41) is 9.06. The molecule has 0 spiro atoms. The third-order valence-corrected chi connectivity index (χ3v) is 4.78. The molecule has 0 bridgehead atoms. The van der Waals surface area contributed by atoms with Gasteiger partial charge >= 0.3 is 5.97 Å². The lowest BCUT2D eigenvalue weighted by molar-refractivity contribution is -0.137. The first-order valence-electron chi connectivity index (χ1n) is 7.16. The number of benzene rings is 1. The maximum Gasteiger partial charge on any atom is 0.305 e. The van der Waals surface area contributed by atoms with E-state index < -0.39 is 5.97 Å². The number of ether oxygens (including phenoxy) is 1. The van der Waals surface area contributed by atoms with Gasteiger partial charge in [0.25, 0.3) is 5.91 Å². The van der Waals surface area contributed by atoms with Gasteiger partial charge in [0.05, 0.1) is 12.5 Å². The standard InChI is InChI=1S/C16H21NO4S/c1-10-4-5-13(22-3)8-14(10)16(20)17-9-12(21-2)6-11(17)7-15(18)19/h4-5,8,11-12H,6-7,9H2,1-3H3,(H,18,19). The molecule has 2 atom stereocenters. The molecule has 2 rings (SSSR count). The van der Waals surface area contributed by atoms with E-state index in [2.05, 4.69) is 0 Å². The number of rotatable bonds is 5. The molecule has 1 amide bonds. The molecule has 0 saturated carbocycles. The normalized spacial score (nSPS) is 21.1. The average Bonchev–Trinajstić information content (AvgIpc) is 2.89. The van der Waals surface area contributed by atoms with Gasteiger partial charge in [-0.1, -0.05) is 6.07 Å². The first kappa shape index (κ1) is 16.8. The van der Waals surface area contributed by atoms with Gasteiger partial charge in [-0.15, -0.1) is 11.8 Å². The van der Waals surface area contributed by atoms with E-state index in [-0.39, 0.29) is 24.5 Å². The van der Waals surface area contributed by atoms with E-state index >= 15 is 0 Å². The van der Waals surface area contributed by atoms with Crippen molar-refractivity contribution >= 4 is 23.6 Å². The average molecular weight is 323 g/mol. The minimum atomic E-state index is -0.894. The molecule has 1 N–H and O–H groups in total. The van der Waals surface area contributed by atoms with Crippen molar-refractivity contribution < 1.29 is 19.4 Å². The van der Waals surface area contributed by atoms with Crippen LogP contribution in [0.1, 0.15) is 28.8 Å². The van der Waals surface area contributed by atoms with Gasteiger partial charge < -0.3 is 14.7 Å². The van der Waals surface area contributed by atoms with Crippen LogP contribution in [0.5, 0.6) is 0 Å². The maximum absolute atomic E-state index is 12.9. The molecule has 1 saturated heterocycles. The van der Waals surface area contributed by atoms with Crippen LogP contribution in [-0.4, -0.2) is 53.9 Å². The number of likely N-dealkylation sites (tertiary alicyclic amines) is 1. The predicted molar refractivity (Wildman–Crippen MR) is 85.5 cm³/mol. The number of hydrogen-bond donors (Lipinski definition) is 1. The number of carbonyl (C=O) groups excluding carboxylic acids is 1. The molecule has 6 heteroatoms. The topological polar surface area (TPSA) is 66.8 Å². The Kier molecular flexibility index (Phi) is 5.47. The monoisotopic (exact) mass is 323 g/mol. The van der Waals surface area contributed by atoms with Gasteiger partial charge in [0.15, 0.2) is 0 Å². The van der Waals surface area contributed by atoms with Crippen LogP contribution in [0.25, 0.3) is 0 Å². The number of carboxylic acids is 1. The van der Waals surface area contributed by atoms with Gasteiger partial charge in [0, 0.05) is 30.2 Å². The zero-order chi connectivity index (χ0) is 16.3. The summed E-state index contributed by atoms with van der Waals surface area (Å²) in [5.41, 5.74) is 1.54. The molecule has 1 aromatic rings. The fourth-order valence-electron chi connectivity index (χ4n) is 2.80. The molecule has 2 unspecified atom stereocenters. The fraction of sp³-hybridized carbons (Fsp3) is 0.500. The minimum absolute atomic E-state index is 0.0487. The van der Waals surface area contributed by atoms with Crippen LogP contribution in [0.4, 0.5) is 0 Å². The van der Waals surface area contributed by atoms with Crippen LogP contribution in [0.15, 0.2) is 23.1 Å². The van der Waals surface area contributed by atoms with E-state index in [0.717, 1.165) is 10.5 Å². The summed E-state index contributed by atoms with van der Waals surface area (Å²) >= 11 is 1.58. The van der Waals surface area contributed by atoms with Gasteiger partial charge in [-0.05, 0) is 37.3 Å². The van der Waals surface area contributed by atoms with Gasteiger partial charge in [0.2, 0.25) is 0 Å². The highest BCUT2D eigenvalue weighted by molar-refractivity contribution is 7.98. The molecule has 22 heavy (non-hydrogen) atoms. The lowest BCUT2D eigenvalue weighted by atomic mass is 10.1. The van der Waals surface area contributed by atoms with E-state index in [4.69, 9.17) is 9.84 Å². The molecule has 5 nitrogen and oxygen atoms in total. The van der Waals surface area contributed by atoms with E-state index in [0.29, 0.717) is 18.5 Å². The van der Waals surface area contributed by atoms with Crippen LogP contribution in [0.2, 0.25) is 0 Å². The first-order chi connectivity index (χ1) is 10.5. The van der Waals surface area contributed by atoms with E-state index in [9.17, 15) is 9.59 Å². The van der Waals surface area contributed by atoms with Gasteiger partial charge in [-0.25, -0.2) is 0 Å². The molecule has 1 aliphatic rings. The Morgan fingerprint density at radius 2 is 2.18 bits per heavy atom. The second kappa shape index (κ2) is 7.15. The number of methoxy groups -OCH3 is 1. The molecule has 1 heterocycles. The SMILES string of the molecule is COC1CC(CC(=O)O)N(C(=O)c2cc(SC)ccc2C)C1. The van der Waals surface area contributed by atoms with Crippen molar-refractivity contribution in [2.24, 2.45) is 0 Å². The van der Waals surface area contributed by atoms with Gasteiger partial charge in [0.1, 0.15) is 0 Å². The Hall–Kier alpha value is -1.53. The smallest absolute Gasteiger partial charge is 0.305 e. The largest absolute Gasteiger partial charge is 0.481 e. The summed E-state index contributed by atoms with van der Waals surface area (Å²) in [6.07, 6.45) is 2.38. The molecular weight excluding hydrogens is 302 g/mol. The molecule has 1 fully saturated rings. The lowest BCUT2D eigenvalue weighted by Gasteiger charge is -2.24. The highest BCUT2D eigenvalue weighted by atomic mass is 32.2. The Morgan fingerprint density at radius 1 is 1.45 bits per heavy atom. The molecule has 1 aromatic carbocycles. The first-order valence-corrected chi connectivity index (χ1v) is 8.39. The third kappa shape index (κ3) is 3.62. The van der Waals surface area contributed by atoms with Gasteiger partial charge in [-0.3, -0.25) is 9.59 Å². The molecule has 0 aliphatic carbocycles. The predicted octanol–water partition coefficient (Wildman–Crippen LogP) is 2.42. The number of carboxylic acid groups (broad SMARTS) is 1. The fourth-order valence-corrected chi connectivity index (χ4v) is 3.24. The summed E-state index contributed by atoms with van der Waals surface area (Å²) in [6, 6.07) is 5.47. The Balaban J connectivity index is 2.27. The number of hydrogen-bond acceptors (Lipinski definition) is 4. The van der Waals surface area contributed by atoms with Crippen molar-refractivity contribution in [2.45, 2.75) is 36.8 Å². The summed E-state index contributed by atoms with van der Waals surface area (Å²) in [5.74, 6) is -1.01. The van der Waals surface area contributed by atoms with Crippen LogP contribution in [0, 0.1) is 6.92 Å². The Bertz CT molecular complexity index is 575. The molecule has 1 aliphatic heterocycles. The minimum Gasteiger partial charge on any atom is -0.481 e. The second-order valence-corrected chi connectivity index (χ2v) is 6.36. The zero-order valence-electron chi connectivity index (χ0n) is 13.0. The molecule has 0 aromatic heterocycles. The van der Waals surface area contributed by atoms with E-state index in [1.807, 2.05) is 31.4 Å². The number of carbonyl (C=O) groups is 2. The number of nitrogens with zero attached hydrogens (tertiary/aromatic N) is 1. The van der Waals surface area contributed by atoms with E-state index in [1.54, 1.807) is 23.8 Å². The van der Waals surface area contributed by atoms with Gasteiger partial charge in [-0.2, -0.15) is 0 Å². The highest BCUT2D eigenvalue weighted by Crippen LogP contribution is 2.27. The quantitative estimate of drug-likeness (QED) is 0.843. The third-order valence-electron chi connectivity index (χ3n) is 4.06. The van der Waals surface area contributed by atoms with Crippen LogP contribution >= 0.6 is 11.8 Å². The Morgan fingerprint density at radius 3 is 2.77 bits per heavy atom. The van der Waals surface area contributed by atoms with E-state index in [1.165, 1.54) is 0 Å². The van der Waals surface area contributed by atoms with Crippen molar-refractivity contribution in [3.63, 3.8) is 0 Å². The van der Waals surface area contributed by atoms with Crippen molar-refractivity contribution in [2.75, 3.05) is 19.9 Å². The summed E-state index contributed by atoms with van der Waals surface area (Å²) < 4.78 is 5.32. The van der Waals surface area contributed by atoms with Crippen molar-refractivity contribution in [3.8, 4) is 0 Å². The van der Waals surface area contributed by atoms with Crippen molar-refractivity contribution in [3.05, 3.63) is 29.3 Å². The summed E-state index contributed by atoms with van der Waals surface area (Å²) in [6.45, 7) is 2.34. The van der Waals surface area contributed by atoms with Crippen LogP contribution in [0.3, 0.4) is 0 Å². The molecule has 120 valence electrons. The highest BCUT2D eigenvalue weighted by Gasteiger charge is 2.37. The number of aliphatic carboxylic acids is 1. The zero-order valence-corrected chi connectivity index (χ0v) is 13.9. The number of thioether (sulfide) groups is 1.